The molecule has 1 aliphatic rings. The Kier molecular flexibility index (Phi) is 4.83. The summed E-state index contributed by atoms with van der Waals surface area (Å²) in [5, 5.41) is 12.7. The third-order valence-corrected chi connectivity index (χ3v) is 4.63. The maximum absolute atomic E-state index is 12.7. The average molecular weight is 327 g/mol. The molecular weight excluding hydrogens is 302 g/mol. The van der Waals surface area contributed by atoms with E-state index < -0.39 is 0 Å². The van der Waals surface area contributed by atoms with Crippen molar-refractivity contribution in [1.82, 2.24) is 14.9 Å². The number of nitrogens with one attached hydrogen (secondary N) is 1. The van der Waals surface area contributed by atoms with Gasteiger partial charge in [-0.1, -0.05) is 44.2 Å². The second-order valence-corrected chi connectivity index (χ2v) is 7.17. The van der Waals surface area contributed by atoms with Crippen LogP contribution in [-0.2, 0) is 13.1 Å². The summed E-state index contributed by atoms with van der Waals surface area (Å²) in [4.78, 5) is 17.4. The third kappa shape index (κ3) is 3.42. The van der Waals surface area contributed by atoms with Gasteiger partial charge in [-0.3, -0.25) is 4.79 Å². The molecule has 0 atom stereocenters. The summed E-state index contributed by atoms with van der Waals surface area (Å²) in [7, 11) is 0. The molecule has 2 N–H and O–H groups in total. The zero-order chi connectivity index (χ0) is 17.2. The highest BCUT2D eigenvalue weighted by molar-refractivity contribution is 5.96. The number of hydrogen-bond acceptors (Lipinski definition) is 4. The molecule has 0 spiro atoms. The van der Waals surface area contributed by atoms with Crippen LogP contribution >= 0.6 is 0 Å². The maximum Gasteiger partial charge on any atom is 0.183 e. The van der Waals surface area contributed by atoms with Crippen LogP contribution in [0.15, 0.2) is 30.3 Å². The molecule has 0 aliphatic carbocycles. The lowest BCUT2D eigenvalue weighted by Crippen LogP contribution is -2.29. The zero-order valence-corrected chi connectivity index (χ0v) is 14.4. The standard InChI is InChI=1S/C19H25N3O2/c1-19(2,13-23)9-8-16(24)17-15-12-20-10-11-22(15)18(21-17)14-6-4-3-5-7-14/h3-7,20,23H,8-13H2,1-2H3. The molecule has 5 nitrogen and oxygen atoms in total. The lowest BCUT2D eigenvalue weighted by atomic mass is 9.87. The normalized spacial score (nSPS) is 14.5. The Balaban J connectivity index is 1.91. The van der Waals surface area contributed by atoms with Gasteiger partial charge in [0.25, 0.3) is 0 Å². The van der Waals surface area contributed by atoms with E-state index in [4.69, 9.17) is 4.98 Å². The molecule has 1 aromatic heterocycles. The smallest absolute Gasteiger partial charge is 0.183 e. The van der Waals surface area contributed by atoms with Gasteiger partial charge in [-0.2, -0.15) is 0 Å². The summed E-state index contributed by atoms with van der Waals surface area (Å²) in [6.45, 7) is 6.40. The first-order chi connectivity index (χ1) is 11.5. The highest BCUT2D eigenvalue weighted by Gasteiger charge is 2.26. The number of ketones is 1. The predicted molar refractivity (Wildman–Crippen MR) is 93.8 cm³/mol. The van der Waals surface area contributed by atoms with E-state index in [2.05, 4.69) is 9.88 Å². The predicted octanol–water partition coefficient (Wildman–Crippen LogP) is 2.63. The second kappa shape index (κ2) is 6.87. The fourth-order valence-electron chi connectivity index (χ4n) is 2.98. The van der Waals surface area contributed by atoms with Crippen LogP contribution in [0, 0.1) is 5.41 Å². The van der Waals surface area contributed by atoms with E-state index in [1.807, 2.05) is 44.2 Å². The molecule has 128 valence electrons. The molecule has 0 saturated heterocycles. The fraction of sp³-hybridized carbons (Fsp3) is 0.474. The summed E-state index contributed by atoms with van der Waals surface area (Å²) >= 11 is 0. The van der Waals surface area contributed by atoms with Gasteiger partial charge in [0.05, 0.1) is 5.69 Å². The highest BCUT2D eigenvalue weighted by atomic mass is 16.3. The molecule has 0 fully saturated rings. The van der Waals surface area contributed by atoms with E-state index in [-0.39, 0.29) is 17.8 Å². The molecule has 5 heteroatoms. The van der Waals surface area contributed by atoms with Crippen molar-refractivity contribution >= 4 is 5.78 Å². The summed E-state index contributed by atoms with van der Waals surface area (Å²) in [6.07, 6.45) is 1.06. The number of aliphatic hydroxyl groups is 1. The summed E-state index contributed by atoms with van der Waals surface area (Å²) in [6, 6.07) is 10.0. The number of Topliss-reactive ketones (excluding diaryl/α,β-unsaturated/α-hetero) is 1. The van der Waals surface area contributed by atoms with Crippen molar-refractivity contribution in [1.29, 1.82) is 0 Å². The van der Waals surface area contributed by atoms with Crippen molar-refractivity contribution in [3.05, 3.63) is 41.7 Å². The van der Waals surface area contributed by atoms with Gasteiger partial charge in [0.2, 0.25) is 0 Å². The minimum atomic E-state index is -0.240. The zero-order valence-electron chi connectivity index (χ0n) is 14.4. The summed E-state index contributed by atoms with van der Waals surface area (Å²) in [5.74, 6) is 0.933. The van der Waals surface area contributed by atoms with Crippen molar-refractivity contribution < 1.29 is 9.90 Å². The van der Waals surface area contributed by atoms with Gasteiger partial charge >= 0.3 is 0 Å². The lowest BCUT2D eigenvalue weighted by molar-refractivity contribution is 0.0928. The van der Waals surface area contributed by atoms with Crippen molar-refractivity contribution in [3.63, 3.8) is 0 Å². The molecule has 0 amide bonds. The van der Waals surface area contributed by atoms with Crippen LogP contribution < -0.4 is 5.32 Å². The van der Waals surface area contributed by atoms with Crippen molar-refractivity contribution in [2.75, 3.05) is 13.2 Å². The van der Waals surface area contributed by atoms with Gasteiger partial charge in [0.1, 0.15) is 11.5 Å². The molecule has 1 aliphatic heterocycles. The van der Waals surface area contributed by atoms with Gasteiger partial charge in [-0.25, -0.2) is 4.98 Å². The van der Waals surface area contributed by atoms with Gasteiger partial charge in [0.15, 0.2) is 5.78 Å². The first kappa shape index (κ1) is 16.9. The first-order valence-electron chi connectivity index (χ1n) is 8.51. The molecule has 2 heterocycles. The van der Waals surface area contributed by atoms with E-state index in [0.29, 0.717) is 25.1 Å². The van der Waals surface area contributed by atoms with Crippen LogP contribution in [0.25, 0.3) is 11.4 Å². The fourth-order valence-corrected chi connectivity index (χ4v) is 2.98. The number of carbonyl (C=O) groups excluding carboxylic acids is 1. The van der Waals surface area contributed by atoms with Crippen molar-refractivity contribution in [2.45, 2.75) is 39.8 Å². The van der Waals surface area contributed by atoms with Gasteiger partial charge in [-0.15, -0.1) is 0 Å². The molecule has 24 heavy (non-hydrogen) atoms. The Morgan fingerprint density at radius 3 is 2.79 bits per heavy atom. The Bertz CT molecular complexity index is 720. The molecule has 0 bridgehead atoms. The molecule has 3 rings (SSSR count). The van der Waals surface area contributed by atoms with Gasteiger partial charge in [0, 0.05) is 38.2 Å². The quantitative estimate of drug-likeness (QED) is 0.801. The van der Waals surface area contributed by atoms with E-state index in [1.165, 1.54) is 0 Å². The first-order valence-corrected chi connectivity index (χ1v) is 8.51. The maximum atomic E-state index is 12.7. The minimum Gasteiger partial charge on any atom is -0.396 e. The monoisotopic (exact) mass is 327 g/mol. The topological polar surface area (TPSA) is 67.1 Å². The van der Waals surface area contributed by atoms with E-state index in [0.717, 1.165) is 30.2 Å². The molecule has 0 saturated carbocycles. The molecule has 0 unspecified atom stereocenters. The van der Waals surface area contributed by atoms with E-state index >= 15 is 0 Å². The van der Waals surface area contributed by atoms with Crippen LogP contribution in [0.1, 0.15) is 42.9 Å². The number of carbonyl (C=O) groups is 1. The van der Waals surface area contributed by atoms with E-state index in [9.17, 15) is 9.90 Å². The highest BCUT2D eigenvalue weighted by Crippen LogP contribution is 2.27. The molecule has 1 aromatic carbocycles. The number of benzene rings is 1. The van der Waals surface area contributed by atoms with Crippen molar-refractivity contribution in [3.8, 4) is 11.4 Å². The average Bonchev–Trinajstić information content (AvgIpc) is 3.00. The second-order valence-electron chi connectivity index (χ2n) is 7.17. The Hall–Kier alpha value is -1.98. The van der Waals surface area contributed by atoms with Crippen LogP contribution in [-0.4, -0.2) is 33.6 Å². The summed E-state index contributed by atoms with van der Waals surface area (Å²) < 4.78 is 2.16. The van der Waals surface area contributed by atoms with Crippen LogP contribution in [0.3, 0.4) is 0 Å². The van der Waals surface area contributed by atoms with Crippen LogP contribution in [0.2, 0.25) is 0 Å². The van der Waals surface area contributed by atoms with Crippen LogP contribution in [0.4, 0.5) is 0 Å². The lowest BCUT2D eigenvalue weighted by Gasteiger charge is -2.21. The summed E-state index contributed by atoms with van der Waals surface area (Å²) in [5.41, 5.74) is 2.35. The number of rotatable bonds is 6. The van der Waals surface area contributed by atoms with Crippen LogP contribution in [0.5, 0.6) is 0 Å². The molecular formula is C19H25N3O2. The number of nitrogens with zero attached hydrogens (tertiary/aromatic N) is 2. The molecule has 0 radical (unpaired) electrons. The van der Waals surface area contributed by atoms with Gasteiger partial charge in [-0.05, 0) is 11.8 Å². The number of fused-ring (bicyclic) bond motifs is 1. The number of imidazole rings is 1. The van der Waals surface area contributed by atoms with Crippen molar-refractivity contribution in [2.24, 2.45) is 5.41 Å². The Morgan fingerprint density at radius 1 is 1.33 bits per heavy atom. The van der Waals surface area contributed by atoms with Gasteiger partial charge < -0.3 is 15.0 Å². The number of aliphatic hydroxyl groups excluding tert-OH is 1. The SMILES string of the molecule is CC(C)(CO)CCC(=O)c1nc(-c2ccccc2)n2c1CNCC2. The minimum absolute atomic E-state index is 0.0613. The van der Waals surface area contributed by atoms with E-state index in [1.54, 1.807) is 0 Å². The number of aromatic nitrogens is 2. The Labute approximate surface area is 142 Å². The largest absolute Gasteiger partial charge is 0.396 e. The third-order valence-electron chi connectivity index (χ3n) is 4.63. The number of hydrogen-bond donors (Lipinski definition) is 2. The Morgan fingerprint density at radius 2 is 2.08 bits per heavy atom. The molecule has 2 aromatic rings.